The third kappa shape index (κ3) is 6.59. The van der Waals surface area contributed by atoms with Gasteiger partial charge in [0.05, 0.1) is 5.58 Å². The molecule has 0 fully saturated rings. The van der Waals surface area contributed by atoms with Gasteiger partial charge in [-0.2, -0.15) is 0 Å². The van der Waals surface area contributed by atoms with Gasteiger partial charge in [0.2, 0.25) is 0 Å². The van der Waals surface area contributed by atoms with E-state index in [1.807, 2.05) is 60.7 Å². The zero-order chi connectivity index (χ0) is 36.1. The number of furan rings is 1. The van der Waals surface area contributed by atoms with Crippen LogP contribution in [0.15, 0.2) is 102 Å². The van der Waals surface area contributed by atoms with Gasteiger partial charge in [0, 0.05) is 66.1 Å². The summed E-state index contributed by atoms with van der Waals surface area (Å²) >= 11 is 0. The Kier molecular flexibility index (Phi) is 6.29. The van der Waals surface area contributed by atoms with E-state index >= 15 is 0 Å². The molecule has 0 saturated heterocycles. The first-order chi connectivity index (χ1) is 23.5. The van der Waals surface area contributed by atoms with Crippen molar-refractivity contribution in [2.75, 3.05) is 0 Å². The summed E-state index contributed by atoms with van der Waals surface area (Å²) in [4.78, 5) is 12.8. The van der Waals surface area contributed by atoms with Gasteiger partial charge in [-0.1, -0.05) is 67.6 Å². The first-order valence-corrected chi connectivity index (χ1v) is 13.5. The predicted molar refractivity (Wildman–Crippen MR) is 172 cm³/mol. The van der Waals surface area contributed by atoms with Crippen LogP contribution in [0.25, 0.3) is 55.2 Å². The largest absolute Gasteiger partial charge is 0.500 e. The molecule has 0 aliphatic rings. The molecule has 0 atom stereocenters. The average molecular weight is 748 g/mol. The molecule has 43 heavy (non-hydrogen) atoms. The van der Waals surface area contributed by atoms with Crippen LogP contribution in [0.2, 0.25) is 0 Å². The molecule has 3 aromatic carbocycles. The number of hydrogen-bond acceptors (Lipinski definition) is 4. The van der Waals surface area contributed by atoms with Gasteiger partial charge in [-0.3, -0.25) is 4.98 Å². The second-order valence-electron chi connectivity index (χ2n) is 10.9. The van der Waals surface area contributed by atoms with Crippen LogP contribution in [0.5, 0.6) is 0 Å². The molecule has 0 amide bonds. The minimum absolute atomic E-state index is 0. The fourth-order valence-electron chi connectivity index (χ4n) is 4.78. The van der Waals surface area contributed by atoms with E-state index in [-0.39, 0.29) is 36.9 Å². The maximum atomic E-state index is 8.81. The minimum Gasteiger partial charge on any atom is -0.500 e. The quantitative estimate of drug-likeness (QED) is 0.169. The summed E-state index contributed by atoms with van der Waals surface area (Å²) in [5, 5.41) is 2.87. The Hall–Kier alpha value is -4.18. The number of fused-ring (bicyclic) bond motifs is 5. The standard InChI is InChI=1S/C27H25N2O.C11H8N.Ir/c1-16-14-29-24(12-19(16)13-27(3,4)5)22-8-6-7-20-21-10-9-18-11-17(2)28-15-23(18)26(21)30-25(20)22;1-2-6-10(7-3-1)11-8-4-5-9-12-11;/h6-7,9-12,14-15H,13H2,1-5H3;1-6,8-9H;/q2*-1;/i1D3,2D3,13D2;;. The molecule has 7 aromatic rings. The molecule has 4 aromatic heterocycles. The van der Waals surface area contributed by atoms with E-state index in [2.05, 4.69) is 27.1 Å². The number of rotatable bonds is 3. The van der Waals surface area contributed by atoms with Gasteiger partial charge < -0.3 is 14.4 Å². The zero-order valence-corrected chi connectivity index (χ0v) is 26.2. The Morgan fingerprint density at radius 3 is 2.40 bits per heavy atom. The molecule has 4 nitrogen and oxygen atoms in total. The second kappa shape index (κ2) is 12.6. The van der Waals surface area contributed by atoms with Crippen molar-refractivity contribution in [3.8, 4) is 22.5 Å². The minimum atomic E-state index is -2.55. The summed E-state index contributed by atoms with van der Waals surface area (Å²) in [5.41, 5.74) is 2.78. The van der Waals surface area contributed by atoms with Crippen molar-refractivity contribution in [3.63, 3.8) is 0 Å². The van der Waals surface area contributed by atoms with E-state index in [0.717, 1.165) is 22.0 Å². The SMILES string of the molecule is [2H]C([2H])([2H])c1cc2ccc3c4cc[c-]c(-c5cc(C([2H])([2H])C(C)(C)C)c(C([2H])([2H])[2H])cn5)c4oc3c2cn1.[Ir].[c-]1ccccc1-c1ccccn1. The third-order valence-corrected chi connectivity index (χ3v) is 6.62. The van der Waals surface area contributed by atoms with Crippen molar-refractivity contribution >= 4 is 32.7 Å². The molecule has 0 N–H and O–H groups in total. The van der Waals surface area contributed by atoms with Gasteiger partial charge in [-0.15, -0.1) is 54.1 Å². The number of benzene rings is 3. The predicted octanol–water partition coefficient (Wildman–Crippen LogP) is 9.75. The van der Waals surface area contributed by atoms with Crippen LogP contribution in [0.3, 0.4) is 0 Å². The van der Waals surface area contributed by atoms with Crippen LogP contribution < -0.4 is 0 Å². The Morgan fingerprint density at radius 1 is 0.791 bits per heavy atom. The van der Waals surface area contributed by atoms with E-state index in [1.165, 1.54) is 24.5 Å². The molecule has 0 aliphatic heterocycles. The van der Waals surface area contributed by atoms with Crippen LogP contribution >= 0.6 is 0 Å². The summed E-state index contributed by atoms with van der Waals surface area (Å²) < 4.78 is 70.8. The number of pyridine rings is 3. The molecule has 0 spiro atoms. The number of hydrogen-bond donors (Lipinski definition) is 0. The maximum Gasteiger partial charge on any atom is 0.130 e. The first kappa shape index (κ1) is 21.5. The second-order valence-corrected chi connectivity index (χ2v) is 10.9. The van der Waals surface area contributed by atoms with Crippen molar-refractivity contribution < 1.29 is 35.5 Å². The van der Waals surface area contributed by atoms with Gasteiger partial charge in [0.25, 0.3) is 0 Å². The fraction of sp³-hybridized carbons (Fsp3) is 0.184. The van der Waals surface area contributed by atoms with Crippen molar-refractivity contribution in [2.45, 2.75) is 40.8 Å². The summed E-state index contributed by atoms with van der Waals surface area (Å²) in [6.45, 7) is 0.285. The van der Waals surface area contributed by atoms with E-state index in [0.29, 0.717) is 33.2 Å². The summed E-state index contributed by atoms with van der Waals surface area (Å²) in [5.74, 6) is 0. The van der Waals surface area contributed by atoms with Crippen molar-refractivity contribution in [1.82, 2.24) is 15.0 Å². The summed E-state index contributed by atoms with van der Waals surface area (Å²) in [7, 11) is 0. The Labute approximate surface area is 277 Å². The molecule has 0 aliphatic carbocycles. The molecule has 5 heteroatoms. The Bertz CT molecular complexity index is 2280. The van der Waals surface area contributed by atoms with Gasteiger partial charge >= 0.3 is 0 Å². The molecule has 1 radical (unpaired) electrons. The average Bonchev–Trinajstić information content (AvgIpc) is 3.47. The number of aromatic nitrogens is 3. The van der Waals surface area contributed by atoms with E-state index in [9.17, 15) is 0 Å². The molecule has 217 valence electrons. The van der Waals surface area contributed by atoms with Crippen LogP contribution in [0.1, 0.15) is 48.6 Å². The van der Waals surface area contributed by atoms with Crippen molar-refractivity contribution in [2.24, 2.45) is 5.41 Å². The monoisotopic (exact) mass is 748 g/mol. The molecule has 0 bridgehead atoms. The van der Waals surface area contributed by atoms with Crippen molar-refractivity contribution in [1.29, 1.82) is 0 Å². The molecule has 0 unspecified atom stereocenters. The van der Waals surface area contributed by atoms with Crippen LogP contribution in [-0.2, 0) is 26.5 Å². The molecule has 7 rings (SSSR count). The Balaban J connectivity index is 0.000000327. The summed E-state index contributed by atoms with van der Waals surface area (Å²) in [6.07, 6.45) is 2.52. The van der Waals surface area contributed by atoms with Gasteiger partial charge in [-0.05, 0) is 60.0 Å². The van der Waals surface area contributed by atoms with E-state index in [1.54, 1.807) is 33.0 Å². The van der Waals surface area contributed by atoms with Gasteiger partial charge in [0.1, 0.15) is 5.58 Å². The van der Waals surface area contributed by atoms with Crippen LogP contribution in [0, 0.1) is 31.3 Å². The van der Waals surface area contributed by atoms with E-state index in [4.69, 9.17) is 15.4 Å². The smallest absolute Gasteiger partial charge is 0.130 e. The van der Waals surface area contributed by atoms with Crippen molar-refractivity contribution in [3.05, 3.63) is 126 Å². The van der Waals surface area contributed by atoms with Gasteiger partial charge in [0.15, 0.2) is 0 Å². The third-order valence-electron chi connectivity index (χ3n) is 6.62. The van der Waals surface area contributed by atoms with Gasteiger partial charge in [-0.25, -0.2) is 0 Å². The normalized spacial score (nSPS) is 15.0. The topological polar surface area (TPSA) is 51.8 Å². The van der Waals surface area contributed by atoms with Crippen LogP contribution in [-0.4, -0.2) is 15.0 Å². The molecule has 4 heterocycles. The van der Waals surface area contributed by atoms with Crippen LogP contribution in [0.4, 0.5) is 0 Å². The van der Waals surface area contributed by atoms with E-state index < -0.39 is 25.5 Å². The molecule has 0 saturated carbocycles. The number of aryl methyl sites for hydroxylation is 2. The molecular weight excluding hydrogens is 707 g/mol. The Morgan fingerprint density at radius 2 is 1.65 bits per heavy atom. The molecular formula is C38H33IrN3O-2. The fourth-order valence-corrected chi connectivity index (χ4v) is 4.78. The zero-order valence-electron chi connectivity index (χ0n) is 31.8. The maximum absolute atomic E-state index is 8.81. The summed E-state index contributed by atoms with van der Waals surface area (Å²) in [6, 6.07) is 30.2. The first-order valence-electron chi connectivity index (χ1n) is 17.5. The number of nitrogens with zero attached hydrogens (tertiary/aromatic N) is 3.